The molecule has 1 unspecified atom stereocenters. The Labute approximate surface area is 116 Å². The predicted molar refractivity (Wildman–Crippen MR) is 70.5 cm³/mol. The number of halogens is 3. The lowest BCUT2D eigenvalue weighted by atomic mass is 10.1. The van der Waals surface area contributed by atoms with Crippen LogP contribution in [0.15, 0.2) is 6.07 Å². The van der Waals surface area contributed by atoms with Crippen molar-refractivity contribution in [2.45, 2.75) is 12.2 Å². The number of nitrogens with one attached hydrogen (secondary N) is 2. The van der Waals surface area contributed by atoms with Crippen LogP contribution in [0.5, 0.6) is 0 Å². The zero-order chi connectivity index (χ0) is 14.6. The van der Waals surface area contributed by atoms with Crippen LogP contribution in [0.2, 0.25) is 0 Å². The van der Waals surface area contributed by atoms with E-state index in [2.05, 4.69) is 21.8 Å². The SMILES string of the molecule is CONC(=O)Nc1c(F)cc(F)c(F)c1C(C)SS. The smallest absolute Gasteiger partial charge is 0.303 e. The first kappa shape index (κ1) is 16.0. The van der Waals surface area contributed by atoms with E-state index in [4.69, 9.17) is 0 Å². The average molecular weight is 312 g/mol. The second kappa shape index (κ2) is 6.92. The third-order valence-electron chi connectivity index (χ3n) is 2.21. The Hall–Kier alpha value is -1.06. The van der Waals surface area contributed by atoms with Crippen LogP contribution >= 0.6 is 22.5 Å². The van der Waals surface area contributed by atoms with E-state index in [0.29, 0.717) is 6.07 Å². The van der Waals surface area contributed by atoms with Crippen LogP contribution in [0, 0.1) is 17.5 Å². The highest BCUT2D eigenvalue weighted by Gasteiger charge is 2.24. The summed E-state index contributed by atoms with van der Waals surface area (Å²) in [5.74, 6) is -3.66. The summed E-state index contributed by atoms with van der Waals surface area (Å²) in [6, 6.07) is -0.554. The molecule has 1 aromatic rings. The molecule has 0 aliphatic rings. The van der Waals surface area contributed by atoms with Crippen molar-refractivity contribution in [3.63, 3.8) is 0 Å². The normalized spacial score (nSPS) is 12.1. The largest absolute Gasteiger partial charge is 0.343 e. The van der Waals surface area contributed by atoms with Crippen molar-refractivity contribution in [1.82, 2.24) is 5.48 Å². The van der Waals surface area contributed by atoms with Gasteiger partial charge in [-0.05, 0) is 6.92 Å². The van der Waals surface area contributed by atoms with E-state index in [1.807, 2.05) is 5.48 Å². The van der Waals surface area contributed by atoms with Gasteiger partial charge in [-0.1, -0.05) is 10.8 Å². The lowest BCUT2D eigenvalue weighted by molar-refractivity contribution is 0.114. The molecule has 1 aromatic carbocycles. The fourth-order valence-electron chi connectivity index (χ4n) is 1.41. The van der Waals surface area contributed by atoms with E-state index < -0.39 is 34.4 Å². The zero-order valence-electron chi connectivity index (χ0n) is 9.96. The van der Waals surface area contributed by atoms with Gasteiger partial charge in [-0.25, -0.2) is 23.4 Å². The van der Waals surface area contributed by atoms with Gasteiger partial charge in [0.1, 0.15) is 5.82 Å². The van der Waals surface area contributed by atoms with Gasteiger partial charge in [-0.3, -0.25) is 4.84 Å². The molecule has 0 aromatic heterocycles. The van der Waals surface area contributed by atoms with Crippen molar-refractivity contribution >= 4 is 34.2 Å². The Kier molecular flexibility index (Phi) is 5.83. The molecule has 2 amide bonds. The van der Waals surface area contributed by atoms with Crippen LogP contribution in [0.1, 0.15) is 17.7 Å². The summed E-state index contributed by atoms with van der Waals surface area (Å²) in [5.41, 5.74) is 1.11. The third-order valence-corrected chi connectivity index (χ3v) is 3.71. The van der Waals surface area contributed by atoms with E-state index in [9.17, 15) is 18.0 Å². The Morgan fingerprint density at radius 1 is 1.42 bits per heavy atom. The Morgan fingerprint density at radius 3 is 2.58 bits per heavy atom. The molecule has 9 heteroatoms. The maximum Gasteiger partial charge on any atom is 0.343 e. The van der Waals surface area contributed by atoms with Gasteiger partial charge in [0.15, 0.2) is 11.6 Å². The summed E-state index contributed by atoms with van der Waals surface area (Å²) in [4.78, 5) is 15.6. The number of carbonyl (C=O) groups is 1. The van der Waals surface area contributed by atoms with Crippen LogP contribution in [0.3, 0.4) is 0 Å². The number of carbonyl (C=O) groups excluding carboxylic acids is 1. The maximum atomic E-state index is 13.7. The number of benzene rings is 1. The highest BCUT2D eigenvalue weighted by atomic mass is 33.1. The fraction of sp³-hybridized carbons (Fsp3) is 0.300. The number of hydroxylamine groups is 1. The highest BCUT2D eigenvalue weighted by molar-refractivity contribution is 8.68. The molecule has 0 saturated carbocycles. The monoisotopic (exact) mass is 312 g/mol. The number of hydrogen-bond donors (Lipinski definition) is 3. The van der Waals surface area contributed by atoms with E-state index >= 15 is 0 Å². The standard InChI is InChI=1S/C10H11F3N2O2S2/c1-4(19-18)7-8(13)5(11)3-6(12)9(7)14-10(16)15-17-2/h3-4,18H,1-2H3,(H2,14,15,16). The van der Waals surface area contributed by atoms with Crippen molar-refractivity contribution in [2.75, 3.05) is 12.4 Å². The van der Waals surface area contributed by atoms with Crippen molar-refractivity contribution in [3.05, 3.63) is 29.1 Å². The third kappa shape index (κ3) is 3.71. The molecule has 0 aliphatic heterocycles. The second-order valence-corrected chi connectivity index (χ2v) is 5.00. The minimum Gasteiger partial charge on any atom is -0.303 e. The van der Waals surface area contributed by atoms with Gasteiger partial charge in [0.05, 0.1) is 12.8 Å². The quantitative estimate of drug-likeness (QED) is 0.345. The van der Waals surface area contributed by atoms with Gasteiger partial charge in [0.25, 0.3) is 0 Å². The molecule has 0 aliphatic carbocycles. The average Bonchev–Trinajstić information content (AvgIpc) is 2.35. The Balaban J connectivity index is 3.28. The van der Waals surface area contributed by atoms with Crippen molar-refractivity contribution in [3.8, 4) is 0 Å². The number of urea groups is 1. The van der Waals surface area contributed by atoms with Crippen LogP contribution in [-0.2, 0) is 4.84 Å². The number of thiol groups is 1. The van der Waals surface area contributed by atoms with Gasteiger partial charge in [-0.2, -0.15) is 0 Å². The summed E-state index contributed by atoms with van der Waals surface area (Å²) >= 11 is 3.87. The molecule has 0 heterocycles. The summed E-state index contributed by atoms with van der Waals surface area (Å²) in [6.07, 6.45) is 0. The Bertz CT molecular complexity index is 488. The second-order valence-electron chi connectivity index (χ2n) is 3.45. The van der Waals surface area contributed by atoms with Gasteiger partial charge < -0.3 is 5.32 Å². The van der Waals surface area contributed by atoms with E-state index in [1.54, 1.807) is 0 Å². The number of anilines is 1. The van der Waals surface area contributed by atoms with Gasteiger partial charge in [0, 0.05) is 16.9 Å². The topological polar surface area (TPSA) is 50.4 Å². The van der Waals surface area contributed by atoms with Gasteiger partial charge in [0.2, 0.25) is 0 Å². The number of amides is 2. The minimum absolute atomic E-state index is 0.316. The summed E-state index contributed by atoms with van der Waals surface area (Å²) < 4.78 is 40.6. The maximum absolute atomic E-state index is 13.7. The lowest BCUT2D eigenvalue weighted by Crippen LogP contribution is -2.28. The molecule has 0 saturated heterocycles. The van der Waals surface area contributed by atoms with Gasteiger partial charge >= 0.3 is 6.03 Å². The predicted octanol–water partition coefficient (Wildman–Crippen LogP) is 3.43. The van der Waals surface area contributed by atoms with Crippen molar-refractivity contribution in [2.24, 2.45) is 0 Å². The first-order chi connectivity index (χ1) is 8.92. The van der Waals surface area contributed by atoms with Gasteiger partial charge in [-0.15, -0.1) is 11.7 Å². The minimum atomic E-state index is -1.33. The van der Waals surface area contributed by atoms with Crippen LogP contribution in [0.25, 0.3) is 0 Å². The van der Waals surface area contributed by atoms with Crippen LogP contribution in [0.4, 0.5) is 23.7 Å². The molecule has 0 bridgehead atoms. The number of hydrogen-bond acceptors (Lipinski definition) is 4. The fourth-order valence-corrected chi connectivity index (χ4v) is 2.05. The molecule has 0 radical (unpaired) electrons. The Morgan fingerprint density at radius 2 is 2.05 bits per heavy atom. The summed E-state index contributed by atoms with van der Waals surface area (Å²) in [6.45, 7) is 1.49. The van der Waals surface area contributed by atoms with Crippen molar-refractivity contribution < 1.29 is 22.8 Å². The summed E-state index contributed by atoms with van der Waals surface area (Å²) in [7, 11) is 2.06. The molecular weight excluding hydrogens is 301 g/mol. The molecule has 0 spiro atoms. The van der Waals surface area contributed by atoms with Crippen LogP contribution < -0.4 is 10.8 Å². The summed E-state index contributed by atoms with van der Waals surface area (Å²) in [5, 5.41) is 1.38. The molecular formula is C10H11F3N2O2S2. The van der Waals surface area contributed by atoms with E-state index in [-0.39, 0.29) is 5.56 Å². The van der Waals surface area contributed by atoms with Crippen molar-refractivity contribution in [1.29, 1.82) is 0 Å². The zero-order valence-corrected chi connectivity index (χ0v) is 11.7. The lowest BCUT2D eigenvalue weighted by Gasteiger charge is -2.17. The molecule has 106 valence electrons. The molecule has 19 heavy (non-hydrogen) atoms. The van der Waals surface area contributed by atoms with E-state index in [1.165, 1.54) is 14.0 Å². The first-order valence-corrected chi connectivity index (χ1v) is 6.93. The van der Waals surface area contributed by atoms with E-state index in [0.717, 1.165) is 10.8 Å². The van der Waals surface area contributed by atoms with Crippen LogP contribution in [-0.4, -0.2) is 13.1 Å². The molecule has 0 fully saturated rings. The molecule has 1 atom stereocenters. The molecule has 4 nitrogen and oxygen atoms in total. The first-order valence-electron chi connectivity index (χ1n) is 5.00. The molecule has 2 N–H and O–H groups in total. The highest BCUT2D eigenvalue weighted by Crippen LogP contribution is 2.39. The molecule has 1 rings (SSSR count). The number of rotatable bonds is 4.